The SMILES string of the molecule is COc1ccc(C(=O)NC2(C(F)(F)F)C(=O)N=C(C)C2C#N)cc1. The van der Waals surface area contributed by atoms with E-state index in [9.17, 15) is 22.8 Å². The van der Waals surface area contributed by atoms with Crippen molar-refractivity contribution in [1.82, 2.24) is 5.32 Å². The third-order valence-electron chi connectivity index (χ3n) is 3.71. The summed E-state index contributed by atoms with van der Waals surface area (Å²) < 4.78 is 45.7. The minimum atomic E-state index is -5.19. The van der Waals surface area contributed by atoms with Gasteiger partial charge in [0.25, 0.3) is 11.8 Å². The number of halogens is 3. The molecule has 0 radical (unpaired) electrons. The molecule has 0 aliphatic carbocycles. The van der Waals surface area contributed by atoms with Crippen LogP contribution in [0.4, 0.5) is 13.2 Å². The average Bonchev–Trinajstić information content (AvgIpc) is 2.77. The van der Waals surface area contributed by atoms with E-state index in [-0.39, 0.29) is 11.3 Å². The maximum atomic E-state index is 13.6. The third kappa shape index (κ3) is 2.60. The van der Waals surface area contributed by atoms with Gasteiger partial charge in [-0.2, -0.15) is 18.4 Å². The number of nitrogens with zero attached hydrogens (tertiary/aromatic N) is 2. The molecule has 0 bridgehead atoms. The Balaban J connectivity index is 2.42. The second-order valence-electron chi connectivity index (χ2n) is 5.11. The van der Waals surface area contributed by atoms with Crippen LogP contribution >= 0.6 is 0 Å². The molecule has 2 atom stereocenters. The van der Waals surface area contributed by atoms with Gasteiger partial charge >= 0.3 is 6.18 Å². The fourth-order valence-electron chi connectivity index (χ4n) is 2.42. The van der Waals surface area contributed by atoms with Gasteiger partial charge < -0.3 is 10.1 Å². The number of carbonyl (C=O) groups excluding carboxylic acids is 2. The lowest BCUT2D eigenvalue weighted by Crippen LogP contribution is -2.66. The lowest BCUT2D eigenvalue weighted by molar-refractivity contribution is -0.197. The van der Waals surface area contributed by atoms with E-state index in [4.69, 9.17) is 10.00 Å². The number of aliphatic imine (C=N–C) groups is 1. The quantitative estimate of drug-likeness (QED) is 0.910. The molecule has 2 unspecified atom stereocenters. The van der Waals surface area contributed by atoms with Crippen molar-refractivity contribution in [1.29, 1.82) is 5.26 Å². The number of methoxy groups -OCH3 is 1. The number of rotatable bonds is 3. The normalized spacial score (nSPS) is 23.4. The van der Waals surface area contributed by atoms with Crippen molar-refractivity contribution < 1.29 is 27.5 Å². The molecule has 126 valence electrons. The fourth-order valence-corrected chi connectivity index (χ4v) is 2.42. The van der Waals surface area contributed by atoms with E-state index in [0.717, 1.165) is 6.92 Å². The first-order valence-corrected chi connectivity index (χ1v) is 6.70. The van der Waals surface area contributed by atoms with E-state index in [1.165, 1.54) is 37.4 Å². The van der Waals surface area contributed by atoms with E-state index < -0.39 is 29.4 Å². The maximum Gasteiger partial charge on any atom is 0.422 e. The van der Waals surface area contributed by atoms with Crippen molar-refractivity contribution >= 4 is 17.5 Å². The van der Waals surface area contributed by atoms with Gasteiger partial charge in [-0.25, -0.2) is 4.99 Å². The van der Waals surface area contributed by atoms with Gasteiger partial charge in [0.1, 0.15) is 11.7 Å². The topological polar surface area (TPSA) is 91.5 Å². The lowest BCUT2D eigenvalue weighted by atomic mass is 9.83. The third-order valence-corrected chi connectivity index (χ3v) is 3.71. The van der Waals surface area contributed by atoms with Crippen LogP contribution < -0.4 is 10.1 Å². The highest BCUT2D eigenvalue weighted by atomic mass is 19.4. The number of hydrogen-bond donors (Lipinski definition) is 1. The molecule has 9 heteroatoms. The number of benzene rings is 1. The minimum absolute atomic E-state index is 0.117. The van der Waals surface area contributed by atoms with E-state index >= 15 is 0 Å². The molecule has 0 aromatic heterocycles. The summed E-state index contributed by atoms with van der Waals surface area (Å²) in [4.78, 5) is 27.3. The Hall–Kier alpha value is -2.89. The van der Waals surface area contributed by atoms with Gasteiger partial charge in [-0.1, -0.05) is 0 Å². The highest BCUT2D eigenvalue weighted by molar-refractivity contribution is 6.13. The van der Waals surface area contributed by atoms with Gasteiger partial charge in [-0.15, -0.1) is 0 Å². The molecule has 1 aromatic rings. The molecular weight excluding hydrogens is 327 g/mol. The maximum absolute atomic E-state index is 13.6. The van der Waals surface area contributed by atoms with Crippen molar-refractivity contribution in [2.45, 2.75) is 18.6 Å². The molecule has 2 amide bonds. The Morgan fingerprint density at radius 1 is 1.38 bits per heavy atom. The number of ether oxygens (including phenoxy) is 1. The van der Waals surface area contributed by atoms with E-state index in [2.05, 4.69) is 4.99 Å². The molecule has 0 saturated heterocycles. The first-order valence-electron chi connectivity index (χ1n) is 6.70. The number of alkyl halides is 3. The zero-order valence-electron chi connectivity index (χ0n) is 12.6. The summed E-state index contributed by atoms with van der Waals surface area (Å²) in [5, 5.41) is 10.7. The summed E-state index contributed by atoms with van der Waals surface area (Å²) in [5.41, 5.74) is -3.80. The summed E-state index contributed by atoms with van der Waals surface area (Å²) in [6.07, 6.45) is -5.19. The largest absolute Gasteiger partial charge is 0.497 e. The van der Waals surface area contributed by atoms with Crippen LogP contribution in [0.1, 0.15) is 17.3 Å². The van der Waals surface area contributed by atoms with Gasteiger partial charge in [0.2, 0.25) is 5.54 Å². The number of nitriles is 1. The molecule has 0 saturated carbocycles. The van der Waals surface area contributed by atoms with Crippen LogP contribution in [0.25, 0.3) is 0 Å². The van der Waals surface area contributed by atoms with Crippen LogP contribution in [0, 0.1) is 17.2 Å². The molecule has 2 rings (SSSR count). The predicted octanol–water partition coefficient (Wildman–Crippen LogP) is 1.87. The number of carbonyl (C=O) groups is 2. The van der Waals surface area contributed by atoms with Crippen LogP contribution in [-0.2, 0) is 4.79 Å². The first-order chi connectivity index (χ1) is 11.2. The van der Waals surface area contributed by atoms with Crippen molar-refractivity contribution in [3.8, 4) is 11.8 Å². The summed E-state index contributed by atoms with van der Waals surface area (Å²) in [5.74, 6) is -4.27. The molecule has 1 aliphatic rings. The second kappa shape index (κ2) is 5.96. The Kier molecular flexibility index (Phi) is 4.34. The molecule has 1 heterocycles. The van der Waals surface area contributed by atoms with Gasteiger partial charge in [0.05, 0.1) is 13.2 Å². The summed E-state index contributed by atoms with van der Waals surface area (Å²) in [6, 6.07) is 6.66. The zero-order chi connectivity index (χ0) is 18.1. The monoisotopic (exact) mass is 339 g/mol. The van der Waals surface area contributed by atoms with Crippen molar-refractivity contribution in [2.75, 3.05) is 7.11 Å². The zero-order valence-corrected chi connectivity index (χ0v) is 12.6. The summed E-state index contributed by atoms with van der Waals surface area (Å²) in [6.45, 7) is 1.14. The first kappa shape index (κ1) is 17.5. The Morgan fingerprint density at radius 3 is 2.42 bits per heavy atom. The van der Waals surface area contributed by atoms with Gasteiger partial charge in [0.15, 0.2) is 0 Å². The molecule has 6 nitrogen and oxygen atoms in total. The van der Waals surface area contributed by atoms with Crippen molar-refractivity contribution in [3.05, 3.63) is 29.8 Å². The minimum Gasteiger partial charge on any atom is -0.497 e. The molecule has 0 spiro atoms. The van der Waals surface area contributed by atoms with Crippen LogP contribution in [-0.4, -0.2) is 36.4 Å². The highest BCUT2D eigenvalue weighted by Crippen LogP contribution is 2.41. The van der Waals surface area contributed by atoms with Gasteiger partial charge in [-0.05, 0) is 31.2 Å². The molecule has 24 heavy (non-hydrogen) atoms. The Morgan fingerprint density at radius 2 is 1.96 bits per heavy atom. The van der Waals surface area contributed by atoms with Crippen molar-refractivity contribution in [2.24, 2.45) is 10.9 Å². The Labute approximate surface area is 134 Å². The average molecular weight is 339 g/mol. The van der Waals surface area contributed by atoms with E-state index in [1.807, 2.05) is 0 Å². The standard InChI is InChI=1S/C15H12F3N3O3/c1-8-11(7-19)14(13(23)20-8,15(16,17)18)21-12(22)9-3-5-10(24-2)6-4-9/h3-6,11H,1-2H3,(H,21,22). The predicted molar refractivity (Wildman–Crippen MR) is 76.5 cm³/mol. The molecule has 0 fully saturated rings. The van der Waals surface area contributed by atoms with Crippen LogP contribution in [0.15, 0.2) is 29.3 Å². The molecular formula is C15H12F3N3O3. The summed E-state index contributed by atoms with van der Waals surface area (Å²) in [7, 11) is 1.39. The van der Waals surface area contributed by atoms with E-state index in [1.54, 1.807) is 5.32 Å². The number of nitrogens with one attached hydrogen (secondary N) is 1. The van der Waals surface area contributed by atoms with E-state index in [0.29, 0.717) is 5.75 Å². The fraction of sp³-hybridized carbons (Fsp3) is 0.333. The number of amides is 2. The lowest BCUT2D eigenvalue weighted by Gasteiger charge is -2.32. The van der Waals surface area contributed by atoms with Crippen LogP contribution in [0.5, 0.6) is 5.75 Å². The summed E-state index contributed by atoms with van der Waals surface area (Å²) >= 11 is 0. The van der Waals surface area contributed by atoms with Gasteiger partial charge in [-0.3, -0.25) is 9.59 Å². The Bertz CT molecular complexity index is 750. The van der Waals surface area contributed by atoms with Gasteiger partial charge in [0, 0.05) is 11.3 Å². The molecule has 1 N–H and O–H groups in total. The van der Waals surface area contributed by atoms with Crippen molar-refractivity contribution in [3.63, 3.8) is 0 Å². The number of hydrogen-bond acceptors (Lipinski definition) is 4. The van der Waals surface area contributed by atoms with Crippen LogP contribution in [0.2, 0.25) is 0 Å². The molecule has 1 aromatic carbocycles. The second-order valence-corrected chi connectivity index (χ2v) is 5.11. The van der Waals surface area contributed by atoms with Crippen LogP contribution in [0.3, 0.4) is 0 Å². The molecule has 1 aliphatic heterocycles. The highest BCUT2D eigenvalue weighted by Gasteiger charge is 2.69. The smallest absolute Gasteiger partial charge is 0.422 e.